The molecule has 17 heavy (non-hydrogen) atoms. The zero-order chi connectivity index (χ0) is 12.1. The summed E-state index contributed by atoms with van der Waals surface area (Å²) in [5.41, 5.74) is 2.40. The van der Waals surface area contributed by atoms with E-state index in [2.05, 4.69) is 57.4 Å². The highest BCUT2D eigenvalue weighted by Gasteiger charge is 2.03. The molecule has 2 rings (SSSR count). The standard InChI is InChI=1S/C14H15BrN2/c1-11(17-14-3-2-8-16-10-14)9-12-4-6-13(15)7-5-12/h2-8,10-11,17H,9H2,1H3. The fraction of sp³-hybridized carbons (Fsp3) is 0.214. The number of aromatic nitrogens is 1. The van der Waals surface area contributed by atoms with E-state index in [9.17, 15) is 0 Å². The Bertz CT molecular complexity index is 453. The second-order valence-electron chi connectivity index (χ2n) is 4.12. The van der Waals surface area contributed by atoms with Gasteiger partial charge in [-0.15, -0.1) is 0 Å². The van der Waals surface area contributed by atoms with Gasteiger partial charge in [-0.05, 0) is 43.2 Å². The van der Waals surface area contributed by atoms with Crippen molar-refractivity contribution in [2.75, 3.05) is 5.32 Å². The molecule has 0 fully saturated rings. The van der Waals surface area contributed by atoms with Crippen molar-refractivity contribution >= 4 is 21.6 Å². The lowest BCUT2D eigenvalue weighted by Crippen LogP contribution is -2.18. The smallest absolute Gasteiger partial charge is 0.0528 e. The minimum atomic E-state index is 0.389. The minimum Gasteiger partial charge on any atom is -0.381 e. The summed E-state index contributed by atoms with van der Waals surface area (Å²) in [6.45, 7) is 2.18. The first kappa shape index (κ1) is 12.1. The molecule has 0 saturated heterocycles. The van der Waals surface area contributed by atoms with Gasteiger partial charge in [0.05, 0.1) is 5.69 Å². The largest absolute Gasteiger partial charge is 0.381 e. The second kappa shape index (κ2) is 5.82. The fourth-order valence-corrected chi connectivity index (χ4v) is 2.02. The van der Waals surface area contributed by atoms with Crippen molar-refractivity contribution in [3.05, 3.63) is 58.8 Å². The van der Waals surface area contributed by atoms with Gasteiger partial charge < -0.3 is 5.32 Å². The Kier molecular flexibility index (Phi) is 4.15. The summed E-state index contributed by atoms with van der Waals surface area (Å²) in [5.74, 6) is 0. The third-order valence-electron chi connectivity index (χ3n) is 2.53. The van der Waals surface area contributed by atoms with E-state index in [0.29, 0.717) is 6.04 Å². The predicted molar refractivity (Wildman–Crippen MR) is 75.2 cm³/mol. The number of pyridine rings is 1. The Morgan fingerprint density at radius 2 is 2.00 bits per heavy atom. The second-order valence-corrected chi connectivity index (χ2v) is 5.03. The van der Waals surface area contributed by atoms with E-state index in [1.807, 2.05) is 18.3 Å². The maximum Gasteiger partial charge on any atom is 0.0528 e. The van der Waals surface area contributed by atoms with Crippen molar-refractivity contribution in [3.8, 4) is 0 Å². The van der Waals surface area contributed by atoms with E-state index in [-0.39, 0.29) is 0 Å². The monoisotopic (exact) mass is 290 g/mol. The van der Waals surface area contributed by atoms with Crippen molar-refractivity contribution in [1.29, 1.82) is 0 Å². The van der Waals surface area contributed by atoms with Crippen molar-refractivity contribution in [2.45, 2.75) is 19.4 Å². The number of rotatable bonds is 4. The van der Waals surface area contributed by atoms with Crippen LogP contribution >= 0.6 is 15.9 Å². The van der Waals surface area contributed by atoms with Gasteiger partial charge in [-0.3, -0.25) is 4.98 Å². The third kappa shape index (κ3) is 3.86. The average Bonchev–Trinajstić information content (AvgIpc) is 2.33. The lowest BCUT2D eigenvalue weighted by molar-refractivity contribution is 0.789. The molecule has 2 nitrogen and oxygen atoms in total. The quantitative estimate of drug-likeness (QED) is 0.924. The summed E-state index contributed by atoms with van der Waals surface area (Å²) in [4.78, 5) is 4.09. The highest BCUT2D eigenvalue weighted by Crippen LogP contribution is 2.13. The number of hydrogen-bond acceptors (Lipinski definition) is 2. The van der Waals surface area contributed by atoms with Gasteiger partial charge in [-0.1, -0.05) is 28.1 Å². The molecule has 0 radical (unpaired) electrons. The number of hydrogen-bond donors (Lipinski definition) is 1. The average molecular weight is 291 g/mol. The van der Waals surface area contributed by atoms with E-state index in [0.717, 1.165) is 16.6 Å². The molecule has 1 N–H and O–H groups in total. The first-order valence-corrected chi connectivity index (χ1v) is 6.44. The van der Waals surface area contributed by atoms with Crippen LogP contribution in [0.5, 0.6) is 0 Å². The first-order valence-electron chi connectivity index (χ1n) is 5.65. The van der Waals surface area contributed by atoms with Gasteiger partial charge in [0.2, 0.25) is 0 Å². The third-order valence-corrected chi connectivity index (χ3v) is 3.06. The maximum atomic E-state index is 4.09. The van der Waals surface area contributed by atoms with Crippen LogP contribution in [0.2, 0.25) is 0 Å². The fourth-order valence-electron chi connectivity index (χ4n) is 1.76. The molecule has 0 spiro atoms. The first-order chi connectivity index (χ1) is 8.24. The van der Waals surface area contributed by atoms with Crippen molar-refractivity contribution in [1.82, 2.24) is 4.98 Å². The summed E-state index contributed by atoms with van der Waals surface area (Å²) in [6, 6.07) is 12.8. The van der Waals surface area contributed by atoms with Gasteiger partial charge >= 0.3 is 0 Å². The van der Waals surface area contributed by atoms with Crippen LogP contribution in [-0.2, 0) is 6.42 Å². The Morgan fingerprint density at radius 3 is 2.65 bits per heavy atom. The molecule has 2 aromatic rings. The molecule has 3 heteroatoms. The molecule has 0 amide bonds. The Hall–Kier alpha value is -1.35. The molecule has 0 aliphatic rings. The topological polar surface area (TPSA) is 24.9 Å². The van der Waals surface area contributed by atoms with Gasteiger partial charge in [-0.25, -0.2) is 0 Å². The highest BCUT2D eigenvalue weighted by molar-refractivity contribution is 9.10. The number of halogens is 1. The van der Waals surface area contributed by atoms with Crippen LogP contribution in [-0.4, -0.2) is 11.0 Å². The van der Waals surface area contributed by atoms with Gasteiger partial charge in [0, 0.05) is 22.9 Å². The van der Waals surface area contributed by atoms with E-state index in [1.165, 1.54) is 5.56 Å². The Labute approximate surface area is 110 Å². The van der Waals surface area contributed by atoms with Gasteiger partial charge in [0.15, 0.2) is 0 Å². The summed E-state index contributed by atoms with van der Waals surface area (Å²) < 4.78 is 1.12. The van der Waals surface area contributed by atoms with E-state index in [1.54, 1.807) is 6.20 Å². The zero-order valence-corrected chi connectivity index (χ0v) is 11.3. The van der Waals surface area contributed by atoms with Gasteiger partial charge in [0.1, 0.15) is 0 Å². The van der Waals surface area contributed by atoms with E-state index >= 15 is 0 Å². The lowest BCUT2D eigenvalue weighted by Gasteiger charge is -2.14. The number of nitrogens with zero attached hydrogens (tertiary/aromatic N) is 1. The van der Waals surface area contributed by atoms with Crippen LogP contribution in [0, 0.1) is 0 Å². The van der Waals surface area contributed by atoms with Crippen molar-refractivity contribution in [3.63, 3.8) is 0 Å². The van der Waals surface area contributed by atoms with E-state index in [4.69, 9.17) is 0 Å². The number of nitrogens with one attached hydrogen (secondary N) is 1. The zero-order valence-electron chi connectivity index (χ0n) is 9.73. The summed E-state index contributed by atoms with van der Waals surface area (Å²) >= 11 is 3.44. The van der Waals surface area contributed by atoms with Crippen LogP contribution in [0.25, 0.3) is 0 Å². The molecule has 1 unspecified atom stereocenters. The highest BCUT2D eigenvalue weighted by atomic mass is 79.9. The van der Waals surface area contributed by atoms with Gasteiger partial charge in [-0.2, -0.15) is 0 Å². The van der Waals surface area contributed by atoms with Crippen LogP contribution in [0.1, 0.15) is 12.5 Å². The SMILES string of the molecule is CC(Cc1ccc(Br)cc1)Nc1cccnc1. The van der Waals surface area contributed by atoms with Crippen LogP contribution in [0.15, 0.2) is 53.3 Å². The predicted octanol–water partition coefficient (Wildman–Crippen LogP) is 3.89. The lowest BCUT2D eigenvalue weighted by atomic mass is 10.1. The molecule has 0 saturated carbocycles. The molecule has 0 bridgehead atoms. The van der Waals surface area contributed by atoms with Crippen LogP contribution in [0.4, 0.5) is 5.69 Å². The van der Waals surface area contributed by atoms with E-state index < -0.39 is 0 Å². The number of benzene rings is 1. The summed E-state index contributed by atoms with van der Waals surface area (Å²) in [6.07, 6.45) is 4.63. The van der Waals surface area contributed by atoms with Crippen LogP contribution < -0.4 is 5.32 Å². The molecular formula is C14H15BrN2. The number of anilines is 1. The molecular weight excluding hydrogens is 276 g/mol. The molecule has 0 aliphatic heterocycles. The molecule has 88 valence electrons. The Morgan fingerprint density at radius 1 is 1.24 bits per heavy atom. The minimum absolute atomic E-state index is 0.389. The van der Waals surface area contributed by atoms with Crippen LogP contribution in [0.3, 0.4) is 0 Å². The van der Waals surface area contributed by atoms with Crippen molar-refractivity contribution < 1.29 is 0 Å². The summed E-state index contributed by atoms with van der Waals surface area (Å²) in [5, 5.41) is 3.43. The Balaban J connectivity index is 1.93. The molecule has 1 atom stereocenters. The van der Waals surface area contributed by atoms with Crippen molar-refractivity contribution in [2.24, 2.45) is 0 Å². The van der Waals surface area contributed by atoms with Gasteiger partial charge in [0.25, 0.3) is 0 Å². The summed E-state index contributed by atoms with van der Waals surface area (Å²) in [7, 11) is 0. The molecule has 1 aromatic heterocycles. The normalized spacial score (nSPS) is 12.1. The molecule has 1 heterocycles. The molecule has 1 aromatic carbocycles. The maximum absolute atomic E-state index is 4.09. The molecule has 0 aliphatic carbocycles.